The van der Waals surface area contributed by atoms with Gasteiger partial charge in [-0.1, -0.05) is 0 Å². The van der Waals surface area contributed by atoms with Gasteiger partial charge >= 0.3 is 0 Å². The lowest BCUT2D eigenvalue weighted by Gasteiger charge is -2.02. The first-order valence-corrected chi connectivity index (χ1v) is 5.06. The van der Waals surface area contributed by atoms with Crippen molar-refractivity contribution in [2.75, 3.05) is 5.73 Å². The molecule has 16 heavy (non-hydrogen) atoms. The Morgan fingerprint density at radius 2 is 2.00 bits per heavy atom. The maximum absolute atomic E-state index is 13.1. The van der Waals surface area contributed by atoms with E-state index in [-0.39, 0.29) is 5.82 Å². The third-order valence-electron chi connectivity index (χ3n) is 2.79. The number of hydrogen-bond acceptors (Lipinski definition) is 2. The number of aromatic nitrogens is 2. The van der Waals surface area contributed by atoms with Crippen molar-refractivity contribution in [3.63, 3.8) is 0 Å². The molecule has 1 heterocycles. The summed E-state index contributed by atoms with van der Waals surface area (Å²) in [4.78, 5) is 4.37. The van der Waals surface area contributed by atoms with Gasteiger partial charge < -0.3 is 10.3 Å². The van der Waals surface area contributed by atoms with E-state index >= 15 is 0 Å². The van der Waals surface area contributed by atoms with E-state index in [2.05, 4.69) is 4.98 Å². The molecule has 0 atom stereocenters. The van der Waals surface area contributed by atoms with Gasteiger partial charge in [0, 0.05) is 12.6 Å². The summed E-state index contributed by atoms with van der Waals surface area (Å²) in [5.41, 5.74) is 8.09. The van der Waals surface area contributed by atoms with Crippen LogP contribution in [0.15, 0.2) is 18.2 Å². The molecule has 1 aromatic heterocycles. The Morgan fingerprint density at radius 1 is 1.31 bits per heavy atom. The molecule has 2 aromatic rings. The summed E-state index contributed by atoms with van der Waals surface area (Å²) >= 11 is 0. The van der Waals surface area contributed by atoms with Gasteiger partial charge in [-0.25, -0.2) is 9.37 Å². The largest absolute Gasteiger partial charge is 0.383 e. The van der Waals surface area contributed by atoms with E-state index in [1.165, 1.54) is 6.07 Å². The first-order valence-electron chi connectivity index (χ1n) is 5.06. The van der Waals surface area contributed by atoms with Gasteiger partial charge in [-0.2, -0.15) is 0 Å². The van der Waals surface area contributed by atoms with E-state index in [1.54, 1.807) is 19.1 Å². The van der Waals surface area contributed by atoms with Crippen molar-refractivity contribution in [2.45, 2.75) is 13.8 Å². The number of benzene rings is 1. The average molecular weight is 219 g/mol. The molecule has 4 heteroatoms. The molecule has 0 radical (unpaired) electrons. The summed E-state index contributed by atoms with van der Waals surface area (Å²) in [6.45, 7) is 3.61. The predicted molar refractivity (Wildman–Crippen MR) is 62.5 cm³/mol. The molecule has 2 rings (SSSR count). The van der Waals surface area contributed by atoms with Crippen LogP contribution in [-0.4, -0.2) is 9.55 Å². The lowest BCUT2D eigenvalue weighted by molar-refractivity contribution is 0.619. The van der Waals surface area contributed by atoms with Crippen molar-refractivity contribution < 1.29 is 4.39 Å². The summed E-state index contributed by atoms with van der Waals surface area (Å²) in [6.07, 6.45) is 0. The van der Waals surface area contributed by atoms with Crippen LogP contribution >= 0.6 is 0 Å². The fraction of sp³-hybridized carbons (Fsp3) is 0.250. The van der Waals surface area contributed by atoms with E-state index in [0.29, 0.717) is 17.1 Å². The zero-order valence-corrected chi connectivity index (χ0v) is 9.58. The highest BCUT2D eigenvalue weighted by molar-refractivity contribution is 5.71. The van der Waals surface area contributed by atoms with Crippen LogP contribution in [0.2, 0.25) is 0 Å². The maximum atomic E-state index is 13.1. The number of anilines is 1. The molecule has 0 aliphatic heterocycles. The SMILES string of the molecule is Cc1cc(-c2nc(C)n(C)c2N)ccc1F. The van der Waals surface area contributed by atoms with Gasteiger partial charge in [-0.05, 0) is 37.6 Å². The minimum absolute atomic E-state index is 0.213. The predicted octanol–water partition coefficient (Wildman–Crippen LogP) is 2.43. The van der Waals surface area contributed by atoms with Crippen molar-refractivity contribution in [3.05, 3.63) is 35.4 Å². The second kappa shape index (κ2) is 3.63. The Morgan fingerprint density at radius 3 is 2.50 bits per heavy atom. The highest BCUT2D eigenvalue weighted by Gasteiger charge is 2.11. The zero-order chi connectivity index (χ0) is 11.9. The van der Waals surface area contributed by atoms with E-state index in [1.807, 2.05) is 18.5 Å². The van der Waals surface area contributed by atoms with Crippen LogP contribution in [-0.2, 0) is 7.05 Å². The van der Waals surface area contributed by atoms with E-state index in [0.717, 1.165) is 11.4 Å². The number of hydrogen-bond donors (Lipinski definition) is 1. The first-order chi connectivity index (χ1) is 7.50. The number of rotatable bonds is 1. The third-order valence-corrected chi connectivity index (χ3v) is 2.79. The summed E-state index contributed by atoms with van der Waals surface area (Å²) in [6, 6.07) is 4.89. The number of nitrogens with two attached hydrogens (primary N) is 1. The lowest BCUT2D eigenvalue weighted by atomic mass is 10.1. The molecule has 1 aromatic carbocycles. The van der Waals surface area contributed by atoms with Crippen molar-refractivity contribution >= 4 is 5.82 Å². The summed E-state index contributed by atoms with van der Waals surface area (Å²) in [5.74, 6) is 1.23. The molecule has 0 fully saturated rings. The van der Waals surface area contributed by atoms with Gasteiger partial charge in [0.1, 0.15) is 23.2 Å². The normalized spacial score (nSPS) is 10.8. The van der Waals surface area contributed by atoms with Crippen molar-refractivity contribution in [2.24, 2.45) is 7.05 Å². The van der Waals surface area contributed by atoms with Gasteiger partial charge in [-0.3, -0.25) is 0 Å². The van der Waals surface area contributed by atoms with Gasteiger partial charge in [-0.15, -0.1) is 0 Å². The molecule has 0 spiro atoms. The van der Waals surface area contributed by atoms with Crippen LogP contribution < -0.4 is 5.73 Å². The summed E-state index contributed by atoms with van der Waals surface area (Å²) in [5, 5.41) is 0. The Balaban J connectivity index is 2.59. The molecule has 0 unspecified atom stereocenters. The van der Waals surface area contributed by atoms with Crippen LogP contribution in [0, 0.1) is 19.7 Å². The molecule has 3 nitrogen and oxygen atoms in total. The standard InChI is InChI=1S/C12H14FN3/c1-7-6-9(4-5-10(7)13)11-12(14)16(3)8(2)15-11/h4-6H,14H2,1-3H3. The molecule has 0 saturated carbocycles. The van der Waals surface area contributed by atoms with Crippen LogP contribution in [0.25, 0.3) is 11.3 Å². The molecule has 84 valence electrons. The van der Waals surface area contributed by atoms with Crippen LogP contribution in [0.4, 0.5) is 10.2 Å². The fourth-order valence-electron chi connectivity index (χ4n) is 1.63. The molecular formula is C12H14FN3. The zero-order valence-electron chi connectivity index (χ0n) is 9.58. The molecule has 0 amide bonds. The Labute approximate surface area is 93.7 Å². The van der Waals surface area contributed by atoms with E-state index in [9.17, 15) is 4.39 Å². The third kappa shape index (κ3) is 1.56. The average Bonchev–Trinajstić information content (AvgIpc) is 2.50. The highest BCUT2D eigenvalue weighted by Crippen LogP contribution is 2.26. The van der Waals surface area contributed by atoms with Gasteiger partial charge in [0.2, 0.25) is 0 Å². The maximum Gasteiger partial charge on any atom is 0.131 e. The van der Waals surface area contributed by atoms with E-state index in [4.69, 9.17) is 5.73 Å². The van der Waals surface area contributed by atoms with Crippen molar-refractivity contribution in [3.8, 4) is 11.3 Å². The lowest BCUT2D eigenvalue weighted by Crippen LogP contribution is -1.98. The second-order valence-electron chi connectivity index (χ2n) is 3.92. The van der Waals surface area contributed by atoms with Gasteiger partial charge in [0.25, 0.3) is 0 Å². The summed E-state index contributed by atoms with van der Waals surface area (Å²) in [7, 11) is 1.86. The van der Waals surface area contributed by atoms with Crippen LogP contribution in [0.1, 0.15) is 11.4 Å². The second-order valence-corrected chi connectivity index (χ2v) is 3.92. The Hall–Kier alpha value is -1.84. The van der Waals surface area contributed by atoms with Crippen LogP contribution in [0.3, 0.4) is 0 Å². The minimum atomic E-state index is -0.213. The smallest absolute Gasteiger partial charge is 0.131 e. The monoisotopic (exact) mass is 219 g/mol. The quantitative estimate of drug-likeness (QED) is 0.800. The van der Waals surface area contributed by atoms with Gasteiger partial charge in [0.15, 0.2) is 0 Å². The highest BCUT2D eigenvalue weighted by atomic mass is 19.1. The number of nitrogens with zero attached hydrogens (tertiary/aromatic N) is 2. The summed E-state index contributed by atoms with van der Waals surface area (Å²) < 4.78 is 15.0. The number of halogens is 1. The molecule has 0 aliphatic rings. The topological polar surface area (TPSA) is 43.8 Å². The number of imidazole rings is 1. The van der Waals surface area contributed by atoms with Crippen LogP contribution in [0.5, 0.6) is 0 Å². The minimum Gasteiger partial charge on any atom is -0.383 e. The fourth-order valence-corrected chi connectivity index (χ4v) is 1.63. The molecule has 0 aliphatic carbocycles. The first kappa shape index (κ1) is 10.7. The number of aryl methyl sites for hydroxylation is 2. The van der Waals surface area contributed by atoms with Crippen molar-refractivity contribution in [1.82, 2.24) is 9.55 Å². The van der Waals surface area contributed by atoms with E-state index < -0.39 is 0 Å². The Bertz CT molecular complexity index is 543. The molecule has 0 saturated heterocycles. The number of nitrogen functional groups attached to an aromatic ring is 1. The molecule has 0 bridgehead atoms. The molecule has 2 N–H and O–H groups in total. The molecular weight excluding hydrogens is 205 g/mol. The van der Waals surface area contributed by atoms with Crippen molar-refractivity contribution in [1.29, 1.82) is 0 Å². The van der Waals surface area contributed by atoms with Gasteiger partial charge in [0.05, 0.1) is 0 Å². The Kier molecular flexibility index (Phi) is 2.42.